The van der Waals surface area contributed by atoms with Crippen LogP contribution in [0.2, 0.25) is 0 Å². The third-order valence-electron chi connectivity index (χ3n) is 3.05. The first kappa shape index (κ1) is 16.3. The van der Waals surface area contributed by atoms with Gasteiger partial charge in [0.15, 0.2) is 0 Å². The van der Waals surface area contributed by atoms with Crippen molar-refractivity contribution in [1.29, 1.82) is 0 Å². The molecular formula is C16H26N2O2. The molecule has 0 radical (unpaired) electrons. The molecule has 1 aromatic carbocycles. The SMILES string of the molecule is CCCCNC(=O)NCCOc1c(C)cc(C)cc1C. The molecule has 0 aliphatic carbocycles. The molecule has 112 valence electrons. The fourth-order valence-electron chi connectivity index (χ4n) is 2.15. The van der Waals surface area contributed by atoms with E-state index in [4.69, 9.17) is 4.74 Å². The van der Waals surface area contributed by atoms with E-state index in [1.807, 2.05) is 13.8 Å². The smallest absolute Gasteiger partial charge is 0.314 e. The van der Waals surface area contributed by atoms with Crippen molar-refractivity contribution in [2.45, 2.75) is 40.5 Å². The predicted octanol–water partition coefficient (Wildman–Crippen LogP) is 3.09. The normalized spacial score (nSPS) is 10.2. The van der Waals surface area contributed by atoms with E-state index < -0.39 is 0 Å². The molecule has 0 spiro atoms. The molecule has 4 nitrogen and oxygen atoms in total. The zero-order valence-electron chi connectivity index (χ0n) is 13.0. The van der Waals surface area contributed by atoms with Crippen molar-refractivity contribution < 1.29 is 9.53 Å². The standard InChI is InChI=1S/C16H26N2O2/c1-5-6-7-17-16(19)18-8-9-20-15-13(3)10-12(2)11-14(15)4/h10-11H,5-9H2,1-4H3,(H2,17,18,19). The number of amides is 2. The van der Waals surface area contributed by atoms with Gasteiger partial charge in [0.2, 0.25) is 0 Å². The number of hydrogen-bond donors (Lipinski definition) is 2. The van der Waals surface area contributed by atoms with Crippen LogP contribution >= 0.6 is 0 Å². The highest BCUT2D eigenvalue weighted by Gasteiger charge is 2.05. The summed E-state index contributed by atoms with van der Waals surface area (Å²) in [5.74, 6) is 0.920. The molecule has 0 aliphatic rings. The number of unbranched alkanes of at least 4 members (excludes halogenated alkanes) is 1. The summed E-state index contributed by atoms with van der Waals surface area (Å²) >= 11 is 0. The van der Waals surface area contributed by atoms with Crippen molar-refractivity contribution in [3.05, 3.63) is 28.8 Å². The number of nitrogens with one attached hydrogen (secondary N) is 2. The summed E-state index contributed by atoms with van der Waals surface area (Å²) in [5.41, 5.74) is 3.51. The Bertz CT molecular complexity index is 421. The van der Waals surface area contributed by atoms with Gasteiger partial charge in [0.25, 0.3) is 0 Å². The summed E-state index contributed by atoms with van der Waals surface area (Å²) in [5, 5.41) is 5.59. The van der Waals surface area contributed by atoms with E-state index in [0.29, 0.717) is 13.2 Å². The van der Waals surface area contributed by atoms with Gasteiger partial charge in [0, 0.05) is 6.54 Å². The third-order valence-corrected chi connectivity index (χ3v) is 3.05. The minimum absolute atomic E-state index is 0.126. The molecule has 0 aromatic heterocycles. The van der Waals surface area contributed by atoms with Crippen LogP contribution in [-0.2, 0) is 0 Å². The Balaban J connectivity index is 2.29. The van der Waals surface area contributed by atoms with Crippen molar-refractivity contribution in [3.63, 3.8) is 0 Å². The van der Waals surface area contributed by atoms with Crippen LogP contribution < -0.4 is 15.4 Å². The second-order valence-corrected chi connectivity index (χ2v) is 5.11. The summed E-state index contributed by atoms with van der Waals surface area (Å²) in [7, 11) is 0. The van der Waals surface area contributed by atoms with Crippen molar-refractivity contribution >= 4 is 6.03 Å². The maximum Gasteiger partial charge on any atom is 0.314 e. The van der Waals surface area contributed by atoms with Crippen LogP contribution in [0.1, 0.15) is 36.5 Å². The summed E-state index contributed by atoms with van der Waals surface area (Å²) in [6.45, 7) is 9.96. The van der Waals surface area contributed by atoms with Gasteiger partial charge in [-0.2, -0.15) is 0 Å². The fourth-order valence-corrected chi connectivity index (χ4v) is 2.15. The zero-order chi connectivity index (χ0) is 15.0. The molecule has 0 aliphatic heterocycles. The second-order valence-electron chi connectivity index (χ2n) is 5.11. The molecule has 0 bridgehead atoms. The van der Waals surface area contributed by atoms with E-state index in [-0.39, 0.29) is 6.03 Å². The number of ether oxygens (including phenoxy) is 1. The molecule has 1 aromatic rings. The highest BCUT2D eigenvalue weighted by molar-refractivity contribution is 5.73. The Kier molecular flexibility index (Phi) is 6.91. The maximum absolute atomic E-state index is 11.4. The van der Waals surface area contributed by atoms with Crippen molar-refractivity contribution in [3.8, 4) is 5.75 Å². The lowest BCUT2D eigenvalue weighted by Crippen LogP contribution is -2.38. The average molecular weight is 278 g/mol. The molecule has 0 saturated heterocycles. The summed E-state index contributed by atoms with van der Waals surface area (Å²) < 4.78 is 5.76. The molecule has 0 fully saturated rings. The molecular weight excluding hydrogens is 252 g/mol. The van der Waals surface area contributed by atoms with Crippen LogP contribution in [-0.4, -0.2) is 25.7 Å². The first-order valence-electron chi connectivity index (χ1n) is 7.27. The molecule has 1 rings (SSSR count). The average Bonchev–Trinajstić information content (AvgIpc) is 2.37. The number of hydrogen-bond acceptors (Lipinski definition) is 2. The number of aryl methyl sites for hydroxylation is 3. The van der Waals surface area contributed by atoms with E-state index in [0.717, 1.165) is 36.3 Å². The number of carbonyl (C=O) groups is 1. The molecule has 0 unspecified atom stereocenters. The highest BCUT2D eigenvalue weighted by atomic mass is 16.5. The first-order valence-corrected chi connectivity index (χ1v) is 7.27. The lowest BCUT2D eigenvalue weighted by molar-refractivity contribution is 0.236. The predicted molar refractivity (Wildman–Crippen MR) is 82.5 cm³/mol. The lowest BCUT2D eigenvalue weighted by Gasteiger charge is -2.13. The molecule has 4 heteroatoms. The zero-order valence-corrected chi connectivity index (χ0v) is 13.0. The van der Waals surface area contributed by atoms with Gasteiger partial charge < -0.3 is 15.4 Å². The molecule has 2 N–H and O–H groups in total. The summed E-state index contributed by atoms with van der Waals surface area (Å²) in [6, 6.07) is 4.08. The summed E-state index contributed by atoms with van der Waals surface area (Å²) in [6.07, 6.45) is 2.08. The highest BCUT2D eigenvalue weighted by Crippen LogP contribution is 2.24. The van der Waals surface area contributed by atoms with E-state index in [9.17, 15) is 4.79 Å². The van der Waals surface area contributed by atoms with E-state index in [1.54, 1.807) is 0 Å². The topological polar surface area (TPSA) is 50.4 Å². The van der Waals surface area contributed by atoms with E-state index in [2.05, 4.69) is 36.6 Å². The van der Waals surface area contributed by atoms with Gasteiger partial charge in [0.05, 0.1) is 6.54 Å². The number of urea groups is 1. The minimum Gasteiger partial charge on any atom is -0.491 e. The van der Waals surface area contributed by atoms with Gasteiger partial charge in [0.1, 0.15) is 12.4 Å². The van der Waals surface area contributed by atoms with Gasteiger partial charge in [-0.1, -0.05) is 31.0 Å². The second kappa shape index (κ2) is 8.46. The van der Waals surface area contributed by atoms with Crippen molar-refractivity contribution in [2.24, 2.45) is 0 Å². The Morgan fingerprint density at radius 1 is 1.10 bits per heavy atom. The van der Waals surface area contributed by atoms with Crippen LogP contribution in [0.15, 0.2) is 12.1 Å². The summed E-state index contributed by atoms with van der Waals surface area (Å²) in [4.78, 5) is 11.4. The number of benzene rings is 1. The number of rotatable bonds is 7. The van der Waals surface area contributed by atoms with Crippen molar-refractivity contribution in [2.75, 3.05) is 19.7 Å². The Hall–Kier alpha value is -1.71. The quantitative estimate of drug-likeness (QED) is 0.753. The Labute approximate surface area is 121 Å². The molecule has 0 saturated carbocycles. The Morgan fingerprint density at radius 2 is 1.70 bits per heavy atom. The van der Waals surface area contributed by atoms with Crippen LogP contribution in [0.25, 0.3) is 0 Å². The molecule has 0 atom stereocenters. The molecule has 2 amide bonds. The monoisotopic (exact) mass is 278 g/mol. The van der Waals surface area contributed by atoms with Crippen LogP contribution in [0.5, 0.6) is 5.75 Å². The van der Waals surface area contributed by atoms with E-state index >= 15 is 0 Å². The van der Waals surface area contributed by atoms with Crippen LogP contribution in [0.4, 0.5) is 4.79 Å². The number of carbonyl (C=O) groups excluding carboxylic acids is 1. The van der Waals surface area contributed by atoms with Crippen molar-refractivity contribution in [1.82, 2.24) is 10.6 Å². The molecule has 0 heterocycles. The van der Waals surface area contributed by atoms with Gasteiger partial charge in [-0.3, -0.25) is 0 Å². The lowest BCUT2D eigenvalue weighted by atomic mass is 10.1. The largest absolute Gasteiger partial charge is 0.491 e. The van der Waals surface area contributed by atoms with Crippen LogP contribution in [0, 0.1) is 20.8 Å². The maximum atomic E-state index is 11.4. The minimum atomic E-state index is -0.126. The van der Waals surface area contributed by atoms with Gasteiger partial charge in [-0.25, -0.2) is 4.79 Å². The Morgan fingerprint density at radius 3 is 2.30 bits per heavy atom. The molecule has 20 heavy (non-hydrogen) atoms. The van der Waals surface area contributed by atoms with E-state index in [1.165, 1.54) is 5.56 Å². The fraction of sp³-hybridized carbons (Fsp3) is 0.562. The van der Waals surface area contributed by atoms with Gasteiger partial charge >= 0.3 is 6.03 Å². The van der Waals surface area contributed by atoms with Gasteiger partial charge in [-0.05, 0) is 38.3 Å². The van der Waals surface area contributed by atoms with Gasteiger partial charge in [-0.15, -0.1) is 0 Å². The third kappa shape index (κ3) is 5.51. The first-order chi connectivity index (χ1) is 9.54. The van der Waals surface area contributed by atoms with Crippen LogP contribution in [0.3, 0.4) is 0 Å².